The minimum atomic E-state index is -0.969. The fourth-order valence-electron chi connectivity index (χ4n) is 1.75. The highest BCUT2D eigenvalue weighted by atomic mass is 16.3. The molecule has 0 heterocycles. The maximum Gasteiger partial charge on any atom is 0.100 e. The number of nitrogens with zero attached hydrogens (tertiary/aromatic N) is 1. The van der Waals surface area contributed by atoms with Gasteiger partial charge in [0.05, 0.1) is 12.5 Å². The molecule has 2 nitrogen and oxygen atoms in total. The van der Waals surface area contributed by atoms with Gasteiger partial charge < -0.3 is 5.11 Å². The highest BCUT2D eigenvalue weighted by molar-refractivity contribution is 5.58. The molecule has 0 amide bonds. The van der Waals surface area contributed by atoms with Gasteiger partial charge in [-0.3, -0.25) is 0 Å². The van der Waals surface area contributed by atoms with Crippen LogP contribution in [0.5, 0.6) is 0 Å². The van der Waals surface area contributed by atoms with Gasteiger partial charge in [0.2, 0.25) is 0 Å². The number of fused-ring (bicyclic) bond motifs is 1. The molecule has 1 aromatic rings. The van der Waals surface area contributed by atoms with Gasteiger partial charge in [0.15, 0.2) is 0 Å². The largest absolute Gasteiger partial charge is 0.384 e. The molecule has 1 N–H and O–H groups in total. The molecule has 0 fully saturated rings. The Morgan fingerprint density at radius 3 is 3.00 bits per heavy atom. The summed E-state index contributed by atoms with van der Waals surface area (Å²) in [5.74, 6) is 0. The van der Waals surface area contributed by atoms with Gasteiger partial charge in [-0.1, -0.05) is 36.4 Å². The third-order valence-electron chi connectivity index (χ3n) is 2.51. The Kier molecular flexibility index (Phi) is 2.11. The third kappa shape index (κ3) is 1.55. The highest BCUT2D eigenvalue weighted by Crippen LogP contribution is 2.27. The second-order valence-corrected chi connectivity index (χ2v) is 3.65. The fraction of sp³-hybridized carbons (Fsp3) is 0.250. The number of benzene rings is 1. The van der Waals surface area contributed by atoms with Gasteiger partial charge in [0.25, 0.3) is 0 Å². The maximum atomic E-state index is 10.0. The van der Waals surface area contributed by atoms with E-state index in [1.807, 2.05) is 36.4 Å². The first-order valence-corrected chi connectivity index (χ1v) is 4.60. The minimum absolute atomic E-state index is 0.151. The number of hydrogen-bond acceptors (Lipinski definition) is 2. The topological polar surface area (TPSA) is 44.0 Å². The van der Waals surface area contributed by atoms with Gasteiger partial charge in [-0.2, -0.15) is 5.26 Å². The molecule has 0 saturated carbocycles. The summed E-state index contributed by atoms with van der Waals surface area (Å²) in [5, 5.41) is 18.6. The zero-order chi connectivity index (χ0) is 10.0. The van der Waals surface area contributed by atoms with Crippen LogP contribution in [0.3, 0.4) is 0 Å². The van der Waals surface area contributed by atoms with E-state index in [-0.39, 0.29) is 6.42 Å². The van der Waals surface area contributed by atoms with Crippen LogP contribution in [0, 0.1) is 11.3 Å². The van der Waals surface area contributed by atoms with Crippen LogP contribution in [0.1, 0.15) is 17.5 Å². The van der Waals surface area contributed by atoms with E-state index in [9.17, 15) is 5.11 Å². The molecule has 14 heavy (non-hydrogen) atoms. The monoisotopic (exact) mass is 185 g/mol. The zero-order valence-electron chi connectivity index (χ0n) is 7.77. The molecule has 70 valence electrons. The molecule has 2 heteroatoms. The highest BCUT2D eigenvalue weighted by Gasteiger charge is 2.27. The predicted octanol–water partition coefficient (Wildman–Crippen LogP) is 1.90. The average molecular weight is 185 g/mol. The fourth-order valence-corrected chi connectivity index (χ4v) is 1.75. The maximum absolute atomic E-state index is 10.0. The first-order chi connectivity index (χ1) is 6.73. The summed E-state index contributed by atoms with van der Waals surface area (Å²) in [7, 11) is 0. The molecule has 1 aliphatic carbocycles. The third-order valence-corrected chi connectivity index (χ3v) is 2.51. The van der Waals surface area contributed by atoms with Crippen LogP contribution >= 0.6 is 0 Å². The quantitative estimate of drug-likeness (QED) is 0.726. The summed E-state index contributed by atoms with van der Waals surface area (Å²) in [5.41, 5.74) is 1.27. The van der Waals surface area contributed by atoms with Crippen molar-refractivity contribution >= 4 is 6.08 Å². The zero-order valence-corrected chi connectivity index (χ0v) is 7.77. The minimum Gasteiger partial charge on any atom is -0.384 e. The van der Waals surface area contributed by atoms with Crippen LogP contribution in [-0.2, 0) is 6.42 Å². The summed E-state index contributed by atoms with van der Waals surface area (Å²) in [6, 6.07) is 9.93. The molecular weight excluding hydrogens is 174 g/mol. The van der Waals surface area contributed by atoms with Gasteiger partial charge in [-0.05, 0) is 11.1 Å². The standard InChI is InChI=1S/C12H11NO/c13-8-7-12(14)6-5-10-3-1-2-4-11(10)9-12/h1-6,14H,7,9H2. The molecule has 1 aliphatic rings. The van der Waals surface area contributed by atoms with Crippen molar-refractivity contribution in [3.05, 3.63) is 41.5 Å². The van der Waals surface area contributed by atoms with Gasteiger partial charge >= 0.3 is 0 Å². The van der Waals surface area contributed by atoms with Crippen molar-refractivity contribution in [3.63, 3.8) is 0 Å². The summed E-state index contributed by atoms with van der Waals surface area (Å²) in [4.78, 5) is 0. The lowest BCUT2D eigenvalue weighted by Crippen LogP contribution is -2.30. The summed E-state index contributed by atoms with van der Waals surface area (Å²) < 4.78 is 0. The lowest BCUT2D eigenvalue weighted by molar-refractivity contribution is 0.0959. The first-order valence-electron chi connectivity index (χ1n) is 4.60. The average Bonchev–Trinajstić information content (AvgIpc) is 2.17. The van der Waals surface area contributed by atoms with Gasteiger partial charge in [0.1, 0.15) is 5.60 Å². The van der Waals surface area contributed by atoms with E-state index in [4.69, 9.17) is 5.26 Å². The Bertz CT molecular complexity index is 417. The Morgan fingerprint density at radius 2 is 2.21 bits per heavy atom. The number of nitriles is 1. The lowest BCUT2D eigenvalue weighted by Gasteiger charge is -2.26. The van der Waals surface area contributed by atoms with E-state index in [0.29, 0.717) is 6.42 Å². The molecule has 1 atom stereocenters. The molecule has 0 aromatic heterocycles. The van der Waals surface area contributed by atoms with E-state index >= 15 is 0 Å². The Labute approximate surface area is 83.1 Å². The van der Waals surface area contributed by atoms with E-state index in [1.54, 1.807) is 6.08 Å². The molecule has 1 aromatic carbocycles. The molecular formula is C12H11NO. The van der Waals surface area contributed by atoms with Crippen LogP contribution in [0.25, 0.3) is 6.08 Å². The van der Waals surface area contributed by atoms with E-state index in [2.05, 4.69) is 0 Å². The van der Waals surface area contributed by atoms with Crippen LogP contribution in [0.15, 0.2) is 30.3 Å². The molecule has 0 bridgehead atoms. The van der Waals surface area contributed by atoms with Crippen molar-refractivity contribution < 1.29 is 5.11 Å². The van der Waals surface area contributed by atoms with E-state index < -0.39 is 5.60 Å². The first kappa shape index (κ1) is 8.98. The predicted molar refractivity (Wildman–Crippen MR) is 54.4 cm³/mol. The van der Waals surface area contributed by atoms with Crippen LogP contribution in [-0.4, -0.2) is 10.7 Å². The number of hydrogen-bond donors (Lipinski definition) is 1. The van der Waals surface area contributed by atoms with Crippen molar-refractivity contribution in [2.75, 3.05) is 0 Å². The molecule has 0 saturated heterocycles. The van der Waals surface area contributed by atoms with Gasteiger partial charge in [-0.25, -0.2) is 0 Å². The Hall–Kier alpha value is -1.59. The van der Waals surface area contributed by atoms with Crippen LogP contribution in [0.4, 0.5) is 0 Å². The SMILES string of the molecule is N#CCC1(O)C=Cc2ccccc2C1. The second kappa shape index (κ2) is 3.28. The van der Waals surface area contributed by atoms with Crippen molar-refractivity contribution in [2.45, 2.75) is 18.4 Å². The molecule has 1 unspecified atom stereocenters. The summed E-state index contributed by atoms with van der Waals surface area (Å²) in [6.45, 7) is 0. The molecule has 2 rings (SSSR count). The summed E-state index contributed by atoms with van der Waals surface area (Å²) in [6.07, 6.45) is 4.29. The van der Waals surface area contributed by atoms with Crippen LogP contribution in [0.2, 0.25) is 0 Å². The van der Waals surface area contributed by atoms with E-state index in [0.717, 1.165) is 11.1 Å². The van der Waals surface area contributed by atoms with Crippen LogP contribution < -0.4 is 0 Å². The van der Waals surface area contributed by atoms with Crippen molar-refractivity contribution in [3.8, 4) is 6.07 Å². The number of rotatable bonds is 1. The van der Waals surface area contributed by atoms with Gasteiger partial charge in [-0.15, -0.1) is 0 Å². The smallest absolute Gasteiger partial charge is 0.100 e. The molecule has 0 aliphatic heterocycles. The van der Waals surface area contributed by atoms with Gasteiger partial charge in [0, 0.05) is 6.42 Å². The Balaban J connectivity index is 2.34. The molecule has 0 spiro atoms. The normalized spacial score (nSPS) is 24.0. The van der Waals surface area contributed by atoms with Crippen molar-refractivity contribution in [1.29, 1.82) is 5.26 Å². The van der Waals surface area contributed by atoms with Crippen molar-refractivity contribution in [2.24, 2.45) is 0 Å². The number of aliphatic hydroxyl groups is 1. The Morgan fingerprint density at radius 1 is 1.43 bits per heavy atom. The molecule has 0 radical (unpaired) electrons. The van der Waals surface area contributed by atoms with E-state index in [1.165, 1.54) is 0 Å². The second-order valence-electron chi connectivity index (χ2n) is 3.65. The lowest BCUT2D eigenvalue weighted by atomic mass is 9.84. The summed E-state index contributed by atoms with van der Waals surface area (Å²) >= 11 is 0. The van der Waals surface area contributed by atoms with Crippen molar-refractivity contribution in [1.82, 2.24) is 0 Å².